The smallest absolute Gasteiger partial charge is 0.353 e. The van der Waals surface area contributed by atoms with Gasteiger partial charge in [-0.2, -0.15) is 26.3 Å². The van der Waals surface area contributed by atoms with Gasteiger partial charge in [0.2, 0.25) is 10.8 Å². The lowest BCUT2D eigenvalue weighted by Crippen LogP contribution is -2.54. The van der Waals surface area contributed by atoms with E-state index in [1.54, 1.807) is 5.32 Å². The minimum atomic E-state index is -7.21. The van der Waals surface area contributed by atoms with Crippen molar-refractivity contribution < 1.29 is 52.4 Å². The zero-order valence-corrected chi connectivity index (χ0v) is 15.1. The number of hydrogen-bond acceptors (Lipinski definition) is 5. The second-order valence-corrected chi connectivity index (χ2v) is 10.4. The summed E-state index contributed by atoms with van der Waals surface area (Å²) in [5.41, 5.74) is -13.0. The molecule has 160 valence electrons. The van der Waals surface area contributed by atoms with E-state index in [-0.39, 0.29) is 12.5 Å². The SMILES string of the molecule is O=C(NCC1CCCCC1)C(F)C(S(=O)(=O)C(F)(F)F)S(=O)(=O)C(F)(F)F. The fourth-order valence-electron chi connectivity index (χ4n) is 2.60. The van der Waals surface area contributed by atoms with Crippen molar-refractivity contribution >= 4 is 25.6 Å². The van der Waals surface area contributed by atoms with Crippen LogP contribution in [-0.2, 0) is 24.5 Å². The van der Waals surface area contributed by atoms with Gasteiger partial charge < -0.3 is 5.32 Å². The highest BCUT2D eigenvalue weighted by Crippen LogP contribution is 2.38. The maximum absolute atomic E-state index is 14.1. The Morgan fingerprint density at radius 2 is 1.30 bits per heavy atom. The van der Waals surface area contributed by atoms with Gasteiger partial charge in [0.05, 0.1) is 0 Å². The molecular formula is C12H16F7NO5S2. The van der Waals surface area contributed by atoms with E-state index < -0.39 is 47.4 Å². The summed E-state index contributed by atoms with van der Waals surface area (Å²) >= 11 is 0. The highest BCUT2D eigenvalue weighted by molar-refractivity contribution is 8.10. The van der Waals surface area contributed by atoms with E-state index in [0.29, 0.717) is 12.8 Å². The van der Waals surface area contributed by atoms with E-state index in [1.807, 2.05) is 0 Å². The van der Waals surface area contributed by atoms with Crippen LogP contribution >= 0.6 is 0 Å². The Balaban J connectivity index is 3.17. The molecule has 15 heteroatoms. The molecule has 6 nitrogen and oxygen atoms in total. The maximum atomic E-state index is 14.1. The average molecular weight is 451 g/mol. The van der Waals surface area contributed by atoms with Gasteiger partial charge >= 0.3 is 11.0 Å². The molecule has 1 aliphatic carbocycles. The van der Waals surface area contributed by atoms with Crippen LogP contribution in [0.5, 0.6) is 0 Å². The van der Waals surface area contributed by atoms with Crippen LogP contribution in [0.4, 0.5) is 30.7 Å². The molecule has 1 amide bonds. The summed E-state index contributed by atoms with van der Waals surface area (Å²) < 4.78 is 130. The van der Waals surface area contributed by atoms with Crippen LogP contribution < -0.4 is 5.32 Å². The Labute approximate surface area is 150 Å². The fraction of sp³-hybridized carbons (Fsp3) is 0.917. The molecular weight excluding hydrogens is 435 g/mol. The zero-order valence-electron chi connectivity index (χ0n) is 13.5. The van der Waals surface area contributed by atoms with E-state index in [4.69, 9.17) is 0 Å². The zero-order chi connectivity index (χ0) is 21.3. The summed E-state index contributed by atoms with van der Waals surface area (Å²) in [6.45, 7) is -0.329. The van der Waals surface area contributed by atoms with Crippen LogP contribution in [-0.4, -0.2) is 51.1 Å². The predicted octanol–water partition coefficient (Wildman–Crippen LogP) is 2.22. The van der Waals surface area contributed by atoms with Crippen LogP contribution in [0.1, 0.15) is 32.1 Å². The fourth-order valence-corrected chi connectivity index (χ4v) is 5.99. The van der Waals surface area contributed by atoms with Gasteiger partial charge in [0.15, 0.2) is 0 Å². The van der Waals surface area contributed by atoms with Crippen molar-refractivity contribution in [2.45, 2.75) is 53.9 Å². The van der Waals surface area contributed by atoms with Crippen LogP contribution in [0.2, 0.25) is 0 Å². The lowest BCUT2D eigenvalue weighted by molar-refractivity contribution is -0.125. The minimum absolute atomic E-state index is 0.230. The first-order valence-electron chi connectivity index (χ1n) is 7.55. The number of carbonyl (C=O) groups is 1. The number of rotatable bonds is 6. The molecule has 0 aromatic carbocycles. The number of halogens is 7. The van der Waals surface area contributed by atoms with E-state index in [1.165, 1.54) is 0 Å². The molecule has 0 aromatic rings. The molecule has 0 heterocycles. The van der Waals surface area contributed by atoms with E-state index in [0.717, 1.165) is 19.3 Å². The first kappa shape index (κ1) is 23.9. The summed E-state index contributed by atoms with van der Waals surface area (Å²) in [6.07, 6.45) is -0.636. The van der Waals surface area contributed by atoms with E-state index in [9.17, 15) is 52.4 Å². The molecule has 0 bridgehead atoms. The summed E-state index contributed by atoms with van der Waals surface area (Å²) in [7, 11) is -14.4. The maximum Gasteiger partial charge on any atom is 0.498 e. The monoisotopic (exact) mass is 451 g/mol. The first-order chi connectivity index (χ1) is 12.0. The van der Waals surface area contributed by atoms with Crippen LogP contribution in [0, 0.1) is 5.92 Å². The third-order valence-corrected chi connectivity index (χ3v) is 8.55. The molecule has 0 spiro atoms. The number of alkyl halides is 7. The molecule has 1 saturated carbocycles. The van der Waals surface area contributed by atoms with Crippen LogP contribution in [0.25, 0.3) is 0 Å². The topological polar surface area (TPSA) is 97.4 Å². The molecule has 1 rings (SSSR count). The first-order valence-corrected chi connectivity index (χ1v) is 10.6. The molecule has 1 unspecified atom stereocenters. The molecule has 0 saturated heterocycles. The van der Waals surface area contributed by atoms with E-state index in [2.05, 4.69) is 0 Å². The lowest BCUT2D eigenvalue weighted by atomic mass is 9.89. The van der Waals surface area contributed by atoms with Gasteiger partial charge in [0.1, 0.15) is 0 Å². The van der Waals surface area contributed by atoms with Gasteiger partial charge in [0, 0.05) is 6.54 Å². The minimum Gasteiger partial charge on any atom is -0.353 e. The van der Waals surface area contributed by atoms with Crippen molar-refractivity contribution in [2.24, 2.45) is 5.92 Å². The van der Waals surface area contributed by atoms with Crippen LogP contribution in [0.15, 0.2) is 0 Å². The average Bonchev–Trinajstić information content (AvgIpc) is 2.50. The summed E-state index contributed by atoms with van der Waals surface area (Å²) in [6, 6.07) is 0. The molecule has 1 aliphatic rings. The Morgan fingerprint density at radius 3 is 1.67 bits per heavy atom. The predicted molar refractivity (Wildman–Crippen MR) is 78.2 cm³/mol. The van der Waals surface area contributed by atoms with Crippen molar-refractivity contribution in [3.63, 3.8) is 0 Å². The third kappa shape index (κ3) is 5.23. The van der Waals surface area contributed by atoms with Gasteiger partial charge in [-0.1, -0.05) is 19.3 Å². The number of nitrogens with one attached hydrogen (secondary N) is 1. The second-order valence-electron chi connectivity index (χ2n) is 6.00. The highest BCUT2D eigenvalue weighted by Gasteiger charge is 2.66. The van der Waals surface area contributed by atoms with Crippen molar-refractivity contribution in [1.82, 2.24) is 5.32 Å². The largest absolute Gasteiger partial charge is 0.498 e. The normalized spacial score (nSPS) is 19.1. The van der Waals surface area contributed by atoms with Crippen molar-refractivity contribution in [3.8, 4) is 0 Å². The van der Waals surface area contributed by atoms with Crippen molar-refractivity contribution in [3.05, 3.63) is 0 Å². The quantitative estimate of drug-likeness (QED) is 0.625. The second kappa shape index (κ2) is 8.09. The number of hydrogen-bond donors (Lipinski definition) is 1. The summed E-state index contributed by atoms with van der Waals surface area (Å²) in [5, 5.41) is 1.70. The molecule has 0 aliphatic heterocycles. The lowest BCUT2D eigenvalue weighted by Gasteiger charge is -2.25. The molecule has 1 N–H and O–H groups in total. The molecule has 0 radical (unpaired) electrons. The van der Waals surface area contributed by atoms with E-state index >= 15 is 0 Å². The Morgan fingerprint density at radius 1 is 0.889 bits per heavy atom. The highest BCUT2D eigenvalue weighted by atomic mass is 32.3. The molecule has 1 fully saturated rings. The third-order valence-electron chi connectivity index (χ3n) is 4.04. The Kier molecular flexibility index (Phi) is 7.17. The summed E-state index contributed by atoms with van der Waals surface area (Å²) in [5.74, 6) is -2.40. The Bertz CT molecular complexity index is 695. The number of amides is 1. The van der Waals surface area contributed by atoms with Gasteiger partial charge in [-0.15, -0.1) is 0 Å². The van der Waals surface area contributed by atoms with Crippen molar-refractivity contribution in [2.75, 3.05) is 6.54 Å². The summed E-state index contributed by atoms with van der Waals surface area (Å²) in [4.78, 5) is 11.6. The van der Waals surface area contributed by atoms with Crippen molar-refractivity contribution in [1.29, 1.82) is 0 Å². The number of carbonyl (C=O) groups excluding carboxylic acids is 1. The number of sulfone groups is 2. The van der Waals surface area contributed by atoms with Gasteiger partial charge in [-0.05, 0) is 18.8 Å². The molecule has 0 aromatic heterocycles. The van der Waals surface area contributed by atoms with Gasteiger partial charge in [-0.25, -0.2) is 21.2 Å². The Hall–Kier alpha value is -1.12. The van der Waals surface area contributed by atoms with Gasteiger partial charge in [-0.3, -0.25) is 4.79 Å². The molecule has 1 atom stereocenters. The van der Waals surface area contributed by atoms with Gasteiger partial charge in [0.25, 0.3) is 25.6 Å². The van der Waals surface area contributed by atoms with Crippen LogP contribution in [0.3, 0.4) is 0 Å². The standard InChI is InChI=1S/C12H16F7NO5S2/c13-8(9(21)20-6-7-4-2-1-3-5-7)10(26(22,23)11(14,15)16)27(24,25)12(17,18)19/h7-8,10H,1-6H2,(H,20,21). The molecule has 27 heavy (non-hydrogen) atoms.